The molecular formula is C21H30N4O3. The zero-order chi connectivity index (χ0) is 19.6. The largest absolute Gasteiger partial charge is 0.379 e. The second-order valence-corrected chi connectivity index (χ2v) is 8.65. The molecule has 0 radical (unpaired) electrons. The topological polar surface area (TPSA) is 82.7 Å². The lowest BCUT2D eigenvalue weighted by Gasteiger charge is -2.41. The number of fused-ring (bicyclic) bond motifs is 1. The van der Waals surface area contributed by atoms with Gasteiger partial charge in [0.2, 0.25) is 0 Å². The molecule has 1 saturated carbocycles. The Hall–Kier alpha value is -1.99. The van der Waals surface area contributed by atoms with Crippen molar-refractivity contribution in [1.29, 1.82) is 0 Å². The molecule has 1 N–H and O–H groups in total. The molecule has 2 aliphatic rings. The first-order chi connectivity index (χ1) is 13.5. The molecule has 1 saturated heterocycles. The Morgan fingerprint density at radius 2 is 2.00 bits per heavy atom. The van der Waals surface area contributed by atoms with Crippen LogP contribution in [0.5, 0.6) is 0 Å². The van der Waals surface area contributed by atoms with Crippen LogP contribution in [0.15, 0.2) is 22.8 Å². The zero-order valence-electron chi connectivity index (χ0n) is 16.6. The third kappa shape index (κ3) is 4.20. The number of amides is 1. The Morgan fingerprint density at radius 3 is 2.82 bits per heavy atom. The number of likely N-dealkylation sites (N-methyl/N-ethyl adjacent to an activating group) is 1. The van der Waals surface area contributed by atoms with Crippen molar-refractivity contribution in [3.63, 3.8) is 0 Å². The molecule has 0 spiro atoms. The summed E-state index contributed by atoms with van der Waals surface area (Å²) < 4.78 is 4.75. The molecule has 2 aromatic rings. The highest BCUT2D eigenvalue weighted by molar-refractivity contribution is 5.86. The van der Waals surface area contributed by atoms with Crippen LogP contribution in [-0.2, 0) is 11.3 Å². The summed E-state index contributed by atoms with van der Waals surface area (Å²) in [6.45, 7) is 2.54. The van der Waals surface area contributed by atoms with Crippen LogP contribution < -0.4 is 0 Å². The van der Waals surface area contributed by atoms with Crippen LogP contribution in [0.2, 0.25) is 0 Å². The van der Waals surface area contributed by atoms with E-state index < -0.39 is 5.60 Å². The SMILES string of the molecule is CN(Cc1ccc2nonc2c1)CC1(O)CCCN(CC2CCCCC2)C1=O. The third-order valence-corrected chi connectivity index (χ3v) is 6.21. The number of benzene rings is 1. The van der Waals surface area contributed by atoms with E-state index in [4.69, 9.17) is 4.63 Å². The Morgan fingerprint density at radius 1 is 1.21 bits per heavy atom. The van der Waals surface area contributed by atoms with Crippen LogP contribution in [0.1, 0.15) is 50.5 Å². The summed E-state index contributed by atoms with van der Waals surface area (Å²) in [5.74, 6) is 0.507. The predicted octanol–water partition coefficient (Wildman–Crippen LogP) is 2.59. The highest BCUT2D eigenvalue weighted by Gasteiger charge is 2.43. The quantitative estimate of drug-likeness (QED) is 0.822. The van der Waals surface area contributed by atoms with Gasteiger partial charge in [0.1, 0.15) is 11.0 Å². The number of rotatable bonds is 6. The van der Waals surface area contributed by atoms with Crippen LogP contribution >= 0.6 is 0 Å². The monoisotopic (exact) mass is 386 g/mol. The van der Waals surface area contributed by atoms with Crippen LogP contribution in [0.25, 0.3) is 11.0 Å². The molecule has 7 nitrogen and oxygen atoms in total. The van der Waals surface area contributed by atoms with Crippen LogP contribution in [-0.4, -0.2) is 63.4 Å². The molecule has 1 aliphatic heterocycles. The molecule has 7 heteroatoms. The minimum absolute atomic E-state index is 0.0904. The number of aliphatic hydroxyl groups is 1. The van der Waals surface area contributed by atoms with Gasteiger partial charge < -0.3 is 10.0 Å². The first kappa shape index (κ1) is 19.3. The van der Waals surface area contributed by atoms with Crippen molar-refractivity contribution in [3.05, 3.63) is 23.8 Å². The first-order valence-corrected chi connectivity index (χ1v) is 10.4. The lowest BCUT2D eigenvalue weighted by atomic mass is 9.86. The summed E-state index contributed by atoms with van der Waals surface area (Å²) in [5.41, 5.74) is 1.21. The highest BCUT2D eigenvalue weighted by Crippen LogP contribution is 2.29. The molecule has 4 rings (SSSR count). The summed E-state index contributed by atoms with van der Waals surface area (Å²) >= 11 is 0. The van der Waals surface area contributed by atoms with Crippen LogP contribution in [0.4, 0.5) is 0 Å². The second-order valence-electron chi connectivity index (χ2n) is 8.65. The fraction of sp³-hybridized carbons (Fsp3) is 0.667. The molecule has 1 aromatic carbocycles. The summed E-state index contributed by atoms with van der Waals surface area (Å²) in [6.07, 6.45) is 7.66. The summed E-state index contributed by atoms with van der Waals surface area (Å²) in [7, 11) is 1.94. The fourth-order valence-electron chi connectivity index (χ4n) is 4.81. The zero-order valence-corrected chi connectivity index (χ0v) is 16.6. The van der Waals surface area contributed by atoms with Crippen molar-refractivity contribution >= 4 is 16.9 Å². The maximum Gasteiger partial charge on any atom is 0.255 e. The standard InChI is InChI=1S/C21H30N4O3/c1-24(13-17-8-9-18-19(12-17)23-28-22-18)15-21(27)10-5-11-25(20(21)26)14-16-6-3-2-4-7-16/h8-9,12,16,27H,2-7,10-11,13-15H2,1H3. The smallest absolute Gasteiger partial charge is 0.255 e. The normalized spacial score (nSPS) is 24.4. The Bertz CT molecular complexity index is 817. The first-order valence-electron chi connectivity index (χ1n) is 10.4. The van der Waals surface area contributed by atoms with Gasteiger partial charge in [0.05, 0.1) is 0 Å². The highest BCUT2D eigenvalue weighted by atomic mass is 16.6. The van der Waals surface area contributed by atoms with Crippen molar-refractivity contribution in [2.24, 2.45) is 5.92 Å². The van der Waals surface area contributed by atoms with Gasteiger partial charge in [0, 0.05) is 26.2 Å². The number of likely N-dealkylation sites (tertiary alicyclic amines) is 1. The van der Waals surface area contributed by atoms with Gasteiger partial charge >= 0.3 is 0 Å². The van der Waals surface area contributed by atoms with Crippen molar-refractivity contribution < 1.29 is 14.5 Å². The van der Waals surface area contributed by atoms with Gasteiger partial charge in [0.25, 0.3) is 5.91 Å². The molecule has 0 bridgehead atoms. The van der Waals surface area contributed by atoms with Crippen molar-refractivity contribution in [2.45, 2.75) is 57.1 Å². The number of carbonyl (C=O) groups is 1. The Labute approximate surface area is 165 Å². The average molecular weight is 386 g/mol. The number of hydrogen-bond acceptors (Lipinski definition) is 6. The minimum atomic E-state index is -1.29. The molecule has 1 unspecified atom stereocenters. The third-order valence-electron chi connectivity index (χ3n) is 6.21. The molecule has 152 valence electrons. The van der Waals surface area contributed by atoms with Gasteiger partial charge in [-0.1, -0.05) is 25.3 Å². The van der Waals surface area contributed by atoms with Crippen LogP contribution in [0.3, 0.4) is 0 Å². The van der Waals surface area contributed by atoms with Gasteiger partial charge in [-0.25, -0.2) is 4.63 Å². The van der Waals surface area contributed by atoms with Crippen molar-refractivity contribution in [2.75, 3.05) is 26.7 Å². The van der Waals surface area contributed by atoms with E-state index in [1.165, 1.54) is 32.1 Å². The summed E-state index contributed by atoms with van der Waals surface area (Å²) in [4.78, 5) is 17.0. The van der Waals surface area contributed by atoms with Gasteiger partial charge in [-0.2, -0.15) is 0 Å². The summed E-state index contributed by atoms with van der Waals surface area (Å²) in [5, 5.41) is 18.9. The van der Waals surface area contributed by atoms with Gasteiger partial charge in [-0.05, 0) is 66.7 Å². The summed E-state index contributed by atoms with van der Waals surface area (Å²) in [6, 6.07) is 5.79. The van der Waals surface area contributed by atoms with Crippen molar-refractivity contribution in [1.82, 2.24) is 20.1 Å². The van der Waals surface area contributed by atoms with Crippen LogP contribution in [0, 0.1) is 5.92 Å². The number of aromatic nitrogens is 2. The van der Waals surface area contributed by atoms with E-state index in [1.54, 1.807) is 0 Å². The molecule has 28 heavy (non-hydrogen) atoms. The average Bonchev–Trinajstić information content (AvgIpc) is 3.14. The lowest BCUT2D eigenvalue weighted by molar-refractivity contribution is -0.160. The molecule has 2 heterocycles. The van der Waals surface area contributed by atoms with Gasteiger partial charge in [0.15, 0.2) is 5.60 Å². The van der Waals surface area contributed by atoms with E-state index in [-0.39, 0.29) is 5.91 Å². The Balaban J connectivity index is 1.37. The number of nitrogens with zero attached hydrogens (tertiary/aromatic N) is 4. The number of carbonyl (C=O) groups excluding carboxylic acids is 1. The molecule has 1 aliphatic carbocycles. The molecular weight excluding hydrogens is 356 g/mol. The second kappa shape index (κ2) is 8.17. The molecule has 1 amide bonds. The van der Waals surface area contributed by atoms with E-state index in [0.717, 1.165) is 36.1 Å². The minimum Gasteiger partial charge on any atom is -0.379 e. The molecule has 1 aromatic heterocycles. The van der Waals surface area contributed by atoms with E-state index in [1.807, 2.05) is 35.0 Å². The van der Waals surface area contributed by atoms with E-state index in [0.29, 0.717) is 25.4 Å². The Kier molecular flexibility index (Phi) is 5.64. The van der Waals surface area contributed by atoms with Crippen molar-refractivity contribution in [3.8, 4) is 0 Å². The maximum absolute atomic E-state index is 13.1. The van der Waals surface area contributed by atoms with E-state index in [9.17, 15) is 9.90 Å². The fourth-order valence-corrected chi connectivity index (χ4v) is 4.81. The van der Waals surface area contributed by atoms with E-state index >= 15 is 0 Å². The number of hydrogen-bond donors (Lipinski definition) is 1. The lowest BCUT2D eigenvalue weighted by Crippen LogP contribution is -2.58. The van der Waals surface area contributed by atoms with E-state index in [2.05, 4.69) is 10.3 Å². The molecule has 2 fully saturated rings. The maximum atomic E-state index is 13.1. The number of piperidine rings is 1. The molecule has 1 atom stereocenters. The van der Waals surface area contributed by atoms with Gasteiger partial charge in [-0.3, -0.25) is 9.69 Å². The predicted molar refractivity (Wildman–Crippen MR) is 105 cm³/mol. The van der Waals surface area contributed by atoms with Gasteiger partial charge in [-0.15, -0.1) is 0 Å².